The molecule has 3 heteroatoms. The van der Waals surface area contributed by atoms with E-state index < -0.39 is 17.8 Å². The highest BCUT2D eigenvalue weighted by Crippen LogP contribution is 2.16. The van der Waals surface area contributed by atoms with Crippen LogP contribution in [0.4, 0.5) is 0 Å². The van der Waals surface area contributed by atoms with Gasteiger partial charge in [0, 0.05) is 5.41 Å². The van der Waals surface area contributed by atoms with Crippen LogP contribution in [0.3, 0.4) is 0 Å². The predicted octanol–water partition coefficient (Wildman–Crippen LogP) is 0.553. The first-order chi connectivity index (χ1) is 4.88. The molecule has 0 heterocycles. The van der Waals surface area contributed by atoms with E-state index in [9.17, 15) is 9.59 Å². The summed E-state index contributed by atoms with van der Waals surface area (Å²) in [7, 11) is 0. The summed E-state index contributed by atoms with van der Waals surface area (Å²) in [6.07, 6.45) is -0.153. The molecule has 0 saturated heterocycles. The summed E-state index contributed by atoms with van der Waals surface area (Å²) in [5.74, 6) is -0.540. The van der Waals surface area contributed by atoms with Gasteiger partial charge < -0.3 is 5.11 Å². The molecule has 0 spiro atoms. The number of hydrogen-bond acceptors (Lipinski definition) is 3. The second-order valence-corrected chi connectivity index (χ2v) is 3.55. The first kappa shape index (κ1) is 10.3. The van der Waals surface area contributed by atoms with Crippen molar-refractivity contribution in [3.8, 4) is 0 Å². The number of aliphatic hydroxyl groups excluding tert-OH is 1. The minimum atomic E-state index is -0.540. The molecule has 0 saturated carbocycles. The number of carbonyl (C=O) groups is 2. The molecule has 0 aliphatic rings. The van der Waals surface area contributed by atoms with Gasteiger partial charge in [0.25, 0.3) is 0 Å². The summed E-state index contributed by atoms with van der Waals surface area (Å²) in [5.41, 5.74) is -0.481. The molecular weight excluding hydrogens is 144 g/mol. The highest BCUT2D eigenvalue weighted by Gasteiger charge is 2.22. The summed E-state index contributed by atoms with van der Waals surface area (Å²) in [6.45, 7) is 4.71. The highest BCUT2D eigenvalue weighted by molar-refractivity contribution is 6.01. The zero-order chi connectivity index (χ0) is 9.07. The van der Waals surface area contributed by atoms with Crippen molar-refractivity contribution in [2.75, 3.05) is 6.61 Å². The molecule has 0 radical (unpaired) electrons. The lowest BCUT2D eigenvalue weighted by Crippen LogP contribution is -2.24. The fourth-order valence-electron chi connectivity index (χ4n) is 0.500. The molecule has 11 heavy (non-hydrogen) atoms. The second kappa shape index (κ2) is 3.62. The molecule has 0 bridgehead atoms. The van der Waals surface area contributed by atoms with E-state index in [4.69, 9.17) is 5.11 Å². The van der Waals surface area contributed by atoms with E-state index in [2.05, 4.69) is 0 Å². The monoisotopic (exact) mass is 158 g/mol. The van der Waals surface area contributed by atoms with Crippen molar-refractivity contribution in [1.82, 2.24) is 0 Å². The Kier molecular flexibility index (Phi) is 3.39. The van der Waals surface area contributed by atoms with Crippen molar-refractivity contribution < 1.29 is 14.7 Å². The molecule has 0 aliphatic carbocycles. The molecule has 0 atom stereocenters. The van der Waals surface area contributed by atoms with Crippen LogP contribution < -0.4 is 0 Å². The Bertz CT molecular complexity index is 165. The number of Topliss-reactive ketones (excluding diaryl/α,β-unsaturated/α-hetero) is 2. The lowest BCUT2D eigenvalue weighted by Gasteiger charge is -2.14. The van der Waals surface area contributed by atoms with Gasteiger partial charge in [0.15, 0.2) is 5.78 Å². The average molecular weight is 158 g/mol. The van der Waals surface area contributed by atoms with E-state index in [1.165, 1.54) is 0 Å². The van der Waals surface area contributed by atoms with E-state index in [0.29, 0.717) is 0 Å². The smallest absolute Gasteiger partial charge is 0.165 e. The third-order valence-corrected chi connectivity index (χ3v) is 1.37. The minimum Gasteiger partial charge on any atom is -0.389 e. The van der Waals surface area contributed by atoms with Gasteiger partial charge in [-0.2, -0.15) is 0 Å². The van der Waals surface area contributed by atoms with Gasteiger partial charge in [-0.1, -0.05) is 20.8 Å². The van der Waals surface area contributed by atoms with E-state index >= 15 is 0 Å². The molecule has 0 amide bonds. The molecule has 3 nitrogen and oxygen atoms in total. The summed E-state index contributed by atoms with van der Waals surface area (Å²) < 4.78 is 0. The number of rotatable bonds is 3. The zero-order valence-electron chi connectivity index (χ0n) is 7.18. The summed E-state index contributed by atoms with van der Waals surface area (Å²) in [6, 6.07) is 0. The number of carbonyl (C=O) groups excluding carboxylic acids is 2. The van der Waals surface area contributed by atoms with Gasteiger partial charge >= 0.3 is 0 Å². The molecule has 0 rings (SSSR count). The van der Waals surface area contributed by atoms with Gasteiger partial charge in [0.1, 0.15) is 12.4 Å². The molecule has 64 valence electrons. The molecule has 0 aliphatic heterocycles. The Morgan fingerprint density at radius 2 is 1.73 bits per heavy atom. The van der Waals surface area contributed by atoms with Crippen LogP contribution >= 0.6 is 0 Å². The van der Waals surface area contributed by atoms with Crippen LogP contribution in [0, 0.1) is 5.41 Å². The zero-order valence-corrected chi connectivity index (χ0v) is 7.18. The maximum Gasteiger partial charge on any atom is 0.165 e. The van der Waals surface area contributed by atoms with Crippen LogP contribution in [-0.2, 0) is 9.59 Å². The van der Waals surface area contributed by atoms with E-state index in [0.717, 1.165) is 0 Å². The highest BCUT2D eigenvalue weighted by atomic mass is 16.3. The number of aliphatic hydroxyl groups is 1. The van der Waals surface area contributed by atoms with Crippen molar-refractivity contribution in [3.05, 3.63) is 0 Å². The lowest BCUT2D eigenvalue weighted by atomic mass is 9.88. The van der Waals surface area contributed by atoms with Crippen LogP contribution in [0.1, 0.15) is 27.2 Å². The fraction of sp³-hybridized carbons (Fsp3) is 0.750. The van der Waals surface area contributed by atoms with Gasteiger partial charge in [-0.15, -0.1) is 0 Å². The number of hydrogen-bond donors (Lipinski definition) is 1. The third kappa shape index (κ3) is 3.88. The van der Waals surface area contributed by atoms with E-state index in [1.807, 2.05) is 0 Å². The van der Waals surface area contributed by atoms with Crippen LogP contribution in [0.5, 0.6) is 0 Å². The molecule has 0 unspecified atom stereocenters. The molecule has 0 aromatic heterocycles. The quantitative estimate of drug-likeness (QED) is 0.610. The first-order valence-electron chi connectivity index (χ1n) is 3.54. The van der Waals surface area contributed by atoms with Crippen molar-refractivity contribution in [2.45, 2.75) is 27.2 Å². The van der Waals surface area contributed by atoms with Crippen LogP contribution in [0.15, 0.2) is 0 Å². The SMILES string of the molecule is CC(C)(C)C(=O)CC(=O)CO. The summed E-state index contributed by atoms with van der Waals surface area (Å²) in [5, 5.41) is 8.35. The first-order valence-corrected chi connectivity index (χ1v) is 3.54. The summed E-state index contributed by atoms with van der Waals surface area (Å²) >= 11 is 0. The Balaban J connectivity index is 3.99. The lowest BCUT2D eigenvalue weighted by molar-refractivity contribution is -0.132. The van der Waals surface area contributed by atoms with Crippen LogP contribution in [0.25, 0.3) is 0 Å². The summed E-state index contributed by atoms with van der Waals surface area (Å²) in [4.78, 5) is 21.7. The Labute approximate surface area is 66.4 Å². The van der Waals surface area contributed by atoms with Gasteiger partial charge in [-0.05, 0) is 0 Å². The van der Waals surface area contributed by atoms with Crippen molar-refractivity contribution in [1.29, 1.82) is 0 Å². The fourth-order valence-corrected chi connectivity index (χ4v) is 0.500. The van der Waals surface area contributed by atoms with E-state index in [-0.39, 0.29) is 12.2 Å². The number of ketones is 2. The molecule has 0 aromatic rings. The maximum absolute atomic E-state index is 11.1. The molecular formula is C8H14O3. The second-order valence-electron chi connectivity index (χ2n) is 3.55. The van der Waals surface area contributed by atoms with E-state index in [1.54, 1.807) is 20.8 Å². The van der Waals surface area contributed by atoms with Crippen LogP contribution in [0.2, 0.25) is 0 Å². The molecule has 0 fully saturated rings. The van der Waals surface area contributed by atoms with Crippen molar-refractivity contribution >= 4 is 11.6 Å². The van der Waals surface area contributed by atoms with Crippen molar-refractivity contribution in [3.63, 3.8) is 0 Å². The Morgan fingerprint density at radius 1 is 1.27 bits per heavy atom. The van der Waals surface area contributed by atoms with Gasteiger partial charge in [-0.25, -0.2) is 0 Å². The average Bonchev–Trinajstić information content (AvgIpc) is 1.85. The minimum absolute atomic E-state index is 0.128. The van der Waals surface area contributed by atoms with Crippen molar-refractivity contribution in [2.24, 2.45) is 5.41 Å². The Hall–Kier alpha value is -0.700. The van der Waals surface area contributed by atoms with Crippen LogP contribution in [-0.4, -0.2) is 23.3 Å². The molecule has 1 N–H and O–H groups in total. The third-order valence-electron chi connectivity index (χ3n) is 1.37. The normalized spacial score (nSPS) is 11.3. The van der Waals surface area contributed by atoms with Gasteiger partial charge in [-0.3, -0.25) is 9.59 Å². The van der Waals surface area contributed by atoms with Gasteiger partial charge in [0.05, 0.1) is 6.42 Å². The largest absolute Gasteiger partial charge is 0.389 e. The standard InChI is InChI=1S/C8H14O3/c1-8(2,3)7(11)4-6(10)5-9/h9H,4-5H2,1-3H3. The maximum atomic E-state index is 11.1. The predicted molar refractivity (Wildman–Crippen MR) is 41.2 cm³/mol. The Morgan fingerprint density at radius 3 is 2.00 bits per heavy atom. The van der Waals surface area contributed by atoms with Gasteiger partial charge in [0.2, 0.25) is 0 Å². The topological polar surface area (TPSA) is 54.4 Å². The molecule has 0 aromatic carbocycles.